The molecule has 1 fully saturated rings. The Morgan fingerprint density at radius 3 is 2.87 bits per heavy atom. The third kappa shape index (κ3) is 2.02. The number of carbonyl (C=O) groups excluding carboxylic acids is 1. The normalized spacial score (nSPS) is 19.4. The highest BCUT2D eigenvalue weighted by molar-refractivity contribution is 6.30. The number of carbonyl (C=O) groups is 1. The van der Waals surface area contributed by atoms with Crippen molar-refractivity contribution >= 4 is 23.1 Å². The molecule has 0 amide bonds. The van der Waals surface area contributed by atoms with Crippen molar-refractivity contribution in [2.24, 2.45) is 0 Å². The summed E-state index contributed by atoms with van der Waals surface area (Å²) in [5.41, 5.74) is 0.845. The second kappa shape index (κ2) is 4.03. The first-order valence-corrected chi connectivity index (χ1v) is 5.13. The van der Waals surface area contributed by atoms with Gasteiger partial charge in [-0.1, -0.05) is 11.6 Å². The van der Waals surface area contributed by atoms with E-state index in [9.17, 15) is 9.90 Å². The van der Waals surface area contributed by atoms with Crippen LogP contribution in [0.4, 0.5) is 0 Å². The van der Waals surface area contributed by atoms with Crippen molar-refractivity contribution in [2.45, 2.75) is 19.3 Å². The average Bonchev–Trinajstić information content (AvgIpc) is 2.63. The van der Waals surface area contributed by atoms with E-state index in [0.717, 1.165) is 6.42 Å². The third-order valence-electron chi connectivity index (χ3n) is 2.42. The van der Waals surface area contributed by atoms with Gasteiger partial charge >= 0.3 is 0 Å². The van der Waals surface area contributed by atoms with E-state index in [0.29, 0.717) is 29.1 Å². The quantitative estimate of drug-likeness (QED) is 0.588. The van der Waals surface area contributed by atoms with E-state index in [1.165, 1.54) is 6.20 Å². The maximum Gasteiger partial charge on any atom is 0.162 e. The summed E-state index contributed by atoms with van der Waals surface area (Å²) in [6.45, 7) is 0. The molecule has 1 saturated carbocycles. The fourth-order valence-corrected chi connectivity index (χ4v) is 1.82. The Morgan fingerprint density at radius 2 is 2.27 bits per heavy atom. The lowest BCUT2D eigenvalue weighted by atomic mass is 10.1. The summed E-state index contributed by atoms with van der Waals surface area (Å²) in [6, 6.07) is 3.18. The molecule has 0 spiro atoms. The summed E-state index contributed by atoms with van der Waals surface area (Å²) in [7, 11) is 0. The highest BCUT2D eigenvalue weighted by Gasteiger charge is 2.22. The molecule has 1 aromatic rings. The zero-order valence-corrected chi connectivity index (χ0v) is 8.79. The molecule has 0 aromatic carbocycles. The van der Waals surface area contributed by atoms with E-state index >= 15 is 0 Å². The summed E-state index contributed by atoms with van der Waals surface area (Å²) in [5, 5.41) is 10.4. The zero-order valence-electron chi connectivity index (χ0n) is 8.03. The summed E-state index contributed by atoms with van der Waals surface area (Å²) in [5.74, 6) is -0.0192. The molecular weight excluding hydrogens is 214 g/mol. The van der Waals surface area contributed by atoms with E-state index in [1.807, 2.05) is 0 Å². The molecule has 15 heavy (non-hydrogen) atoms. The van der Waals surface area contributed by atoms with Crippen LogP contribution in [0.25, 0.3) is 5.76 Å². The number of pyridine rings is 1. The molecule has 0 aliphatic heterocycles. The van der Waals surface area contributed by atoms with E-state index < -0.39 is 0 Å². The van der Waals surface area contributed by atoms with Crippen molar-refractivity contribution in [2.75, 3.05) is 0 Å². The van der Waals surface area contributed by atoms with Gasteiger partial charge in [0, 0.05) is 23.2 Å². The molecule has 0 bridgehead atoms. The van der Waals surface area contributed by atoms with Gasteiger partial charge in [-0.3, -0.25) is 9.78 Å². The standard InChI is InChI=1S/C11H10ClNO2/c12-7-4-5-13-9(6-7)11(15)8-2-1-3-10(8)14/h4-6,15H,1-3H2. The summed E-state index contributed by atoms with van der Waals surface area (Å²) in [4.78, 5) is 15.4. The van der Waals surface area contributed by atoms with Gasteiger partial charge in [0.05, 0.1) is 0 Å². The molecule has 0 radical (unpaired) electrons. The fraction of sp³-hybridized carbons (Fsp3) is 0.273. The molecule has 78 valence electrons. The number of rotatable bonds is 1. The van der Waals surface area contributed by atoms with Crippen LogP contribution in [0, 0.1) is 0 Å². The predicted octanol–water partition coefficient (Wildman–Crippen LogP) is 2.76. The van der Waals surface area contributed by atoms with Crippen LogP contribution < -0.4 is 0 Å². The van der Waals surface area contributed by atoms with Crippen LogP contribution in [0.15, 0.2) is 23.9 Å². The fourth-order valence-electron chi connectivity index (χ4n) is 1.66. The molecule has 2 rings (SSSR count). The smallest absolute Gasteiger partial charge is 0.162 e. The number of aliphatic hydroxyl groups is 1. The zero-order chi connectivity index (χ0) is 10.8. The minimum Gasteiger partial charge on any atom is -0.505 e. The number of aromatic nitrogens is 1. The first-order valence-electron chi connectivity index (χ1n) is 4.75. The molecular formula is C11H10ClNO2. The van der Waals surface area contributed by atoms with Gasteiger partial charge in [-0.25, -0.2) is 0 Å². The minimum absolute atomic E-state index is 0.00859. The summed E-state index contributed by atoms with van der Waals surface area (Å²) < 4.78 is 0. The van der Waals surface area contributed by atoms with Crippen LogP contribution in [0.2, 0.25) is 5.02 Å². The SMILES string of the molecule is O=C1CCCC1=C(O)c1cc(Cl)ccn1. The van der Waals surface area contributed by atoms with Gasteiger partial charge in [0.25, 0.3) is 0 Å². The van der Waals surface area contributed by atoms with Gasteiger partial charge < -0.3 is 5.11 Å². The number of hydrogen-bond acceptors (Lipinski definition) is 3. The van der Waals surface area contributed by atoms with Gasteiger partial charge in [-0.2, -0.15) is 0 Å². The minimum atomic E-state index is -0.0278. The Labute approximate surface area is 92.4 Å². The number of Topliss-reactive ketones (excluding diaryl/α,β-unsaturated/α-hetero) is 1. The lowest BCUT2D eigenvalue weighted by molar-refractivity contribution is -0.114. The van der Waals surface area contributed by atoms with Crippen LogP contribution in [0.3, 0.4) is 0 Å². The second-order valence-electron chi connectivity index (χ2n) is 3.46. The second-order valence-corrected chi connectivity index (χ2v) is 3.90. The highest BCUT2D eigenvalue weighted by Crippen LogP contribution is 2.27. The number of aliphatic hydroxyl groups excluding tert-OH is 1. The molecule has 1 aromatic heterocycles. The molecule has 4 heteroatoms. The molecule has 0 atom stereocenters. The number of allylic oxidation sites excluding steroid dienone is 1. The summed E-state index contributed by atoms with van der Waals surface area (Å²) in [6.07, 6.45) is 3.45. The largest absolute Gasteiger partial charge is 0.505 e. The van der Waals surface area contributed by atoms with Gasteiger partial charge in [-0.05, 0) is 25.0 Å². The first-order chi connectivity index (χ1) is 7.18. The maximum absolute atomic E-state index is 11.4. The van der Waals surface area contributed by atoms with Crippen LogP contribution in [0.5, 0.6) is 0 Å². The van der Waals surface area contributed by atoms with Crippen LogP contribution >= 0.6 is 11.6 Å². The number of nitrogens with zero attached hydrogens (tertiary/aromatic N) is 1. The molecule has 0 unspecified atom stereocenters. The van der Waals surface area contributed by atoms with Crippen molar-refractivity contribution in [3.63, 3.8) is 0 Å². The van der Waals surface area contributed by atoms with Gasteiger partial charge in [0.1, 0.15) is 11.5 Å². The highest BCUT2D eigenvalue weighted by atomic mass is 35.5. The molecule has 1 aliphatic carbocycles. The Morgan fingerprint density at radius 1 is 1.47 bits per heavy atom. The predicted molar refractivity (Wildman–Crippen MR) is 57.7 cm³/mol. The van der Waals surface area contributed by atoms with Gasteiger partial charge in [0.2, 0.25) is 0 Å². The molecule has 1 heterocycles. The van der Waals surface area contributed by atoms with Crippen molar-refractivity contribution < 1.29 is 9.90 Å². The van der Waals surface area contributed by atoms with E-state index in [-0.39, 0.29) is 11.5 Å². The monoisotopic (exact) mass is 223 g/mol. The Bertz CT molecular complexity index is 440. The maximum atomic E-state index is 11.4. The van der Waals surface area contributed by atoms with Gasteiger partial charge in [-0.15, -0.1) is 0 Å². The molecule has 1 N–H and O–H groups in total. The molecule has 1 aliphatic rings. The van der Waals surface area contributed by atoms with E-state index in [4.69, 9.17) is 11.6 Å². The van der Waals surface area contributed by atoms with Crippen LogP contribution in [-0.2, 0) is 4.79 Å². The molecule has 0 saturated heterocycles. The summed E-state index contributed by atoms with van der Waals surface area (Å²) >= 11 is 5.77. The van der Waals surface area contributed by atoms with Gasteiger partial charge in [0.15, 0.2) is 5.78 Å². The first kappa shape index (κ1) is 10.2. The third-order valence-corrected chi connectivity index (χ3v) is 2.65. The van der Waals surface area contributed by atoms with E-state index in [2.05, 4.69) is 4.98 Å². The van der Waals surface area contributed by atoms with Crippen molar-refractivity contribution in [1.29, 1.82) is 0 Å². The van der Waals surface area contributed by atoms with Crippen molar-refractivity contribution in [3.8, 4) is 0 Å². The molecule has 3 nitrogen and oxygen atoms in total. The van der Waals surface area contributed by atoms with Crippen molar-refractivity contribution in [3.05, 3.63) is 34.6 Å². The average molecular weight is 224 g/mol. The number of ketones is 1. The number of halogens is 1. The topological polar surface area (TPSA) is 50.2 Å². The van der Waals surface area contributed by atoms with Crippen molar-refractivity contribution in [1.82, 2.24) is 4.98 Å². The Balaban J connectivity index is 2.42. The number of hydrogen-bond donors (Lipinski definition) is 1. The van der Waals surface area contributed by atoms with Crippen LogP contribution in [-0.4, -0.2) is 15.9 Å². The van der Waals surface area contributed by atoms with E-state index in [1.54, 1.807) is 12.1 Å². The lowest BCUT2D eigenvalue weighted by Gasteiger charge is -2.02. The Hall–Kier alpha value is -1.35. The van der Waals surface area contributed by atoms with Crippen LogP contribution in [0.1, 0.15) is 25.0 Å². The Kier molecular flexibility index (Phi) is 2.73. The lowest BCUT2D eigenvalue weighted by Crippen LogP contribution is -1.98.